The lowest BCUT2D eigenvalue weighted by atomic mass is 9.60. The highest BCUT2D eigenvalue weighted by Gasteiger charge is 2.44. The highest BCUT2D eigenvalue weighted by atomic mass is 16.5. The molecule has 126 valence electrons. The number of aromatic nitrogens is 2. The number of ether oxygens (including phenoxy) is 1. The number of hydrogen-bond donors (Lipinski definition) is 1. The maximum absolute atomic E-state index is 5.30. The van der Waals surface area contributed by atoms with E-state index in [4.69, 9.17) is 4.74 Å². The first-order valence-electron chi connectivity index (χ1n) is 8.96. The first-order valence-corrected chi connectivity index (χ1v) is 8.96. The lowest BCUT2D eigenvalue weighted by Gasteiger charge is -2.49. The minimum atomic E-state index is 0.499. The summed E-state index contributed by atoms with van der Waals surface area (Å²) in [7, 11) is 1.68. The number of nitrogens with one attached hydrogen (secondary N) is 1. The smallest absolute Gasteiger partial charge is 0.137 e. The summed E-state index contributed by atoms with van der Waals surface area (Å²) in [6.07, 6.45) is 5.27. The van der Waals surface area contributed by atoms with Crippen LogP contribution in [0.2, 0.25) is 0 Å². The van der Waals surface area contributed by atoms with E-state index < -0.39 is 0 Å². The molecule has 4 nitrogen and oxygen atoms in total. The molecule has 5 rings (SSSR count). The lowest BCUT2D eigenvalue weighted by Crippen LogP contribution is -2.47. The van der Waals surface area contributed by atoms with E-state index in [1.165, 1.54) is 19.3 Å². The minimum Gasteiger partial charge on any atom is -0.497 e. The molecular formula is C21H21N3O. The number of anilines is 1. The fraction of sp³-hybridized carbons (Fsp3) is 0.333. The summed E-state index contributed by atoms with van der Waals surface area (Å²) >= 11 is 0. The quantitative estimate of drug-likeness (QED) is 0.782. The van der Waals surface area contributed by atoms with Crippen LogP contribution in [-0.4, -0.2) is 23.1 Å². The lowest BCUT2D eigenvalue weighted by molar-refractivity contribution is 0.194. The van der Waals surface area contributed by atoms with Crippen molar-refractivity contribution < 1.29 is 4.74 Å². The summed E-state index contributed by atoms with van der Waals surface area (Å²) in [6.45, 7) is 0. The van der Waals surface area contributed by atoms with Gasteiger partial charge in [-0.15, -0.1) is 0 Å². The zero-order chi connectivity index (χ0) is 16.8. The van der Waals surface area contributed by atoms with Crippen molar-refractivity contribution in [3.05, 3.63) is 59.9 Å². The molecule has 0 amide bonds. The Kier molecular flexibility index (Phi) is 3.37. The monoisotopic (exact) mass is 331 g/mol. The molecule has 25 heavy (non-hydrogen) atoms. The van der Waals surface area contributed by atoms with E-state index in [0.717, 1.165) is 22.5 Å². The Morgan fingerprint density at radius 3 is 2.96 bits per heavy atom. The van der Waals surface area contributed by atoms with E-state index in [1.54, 1.807) is 24.6 Å². The molecule has 2 aliphatic rings. The van der Waals surface area contributed by atoms with E-state index in [1.807, 2.05) is 18.2 Å². The van der Waals surface area contributed by atoms with Crippen LogP contribution in [0.4, 0.5) is 5.82 Å². The van der Waals surface area contributed by atoms with Crippen LogP contribution in [0.3, 0.4) is 0 Å². The fourth-order valence-electron chi connectivity index (χ4n) is 4.53. The molecule has 3 atom stereocenters. The van der Waals surface area contributed by atoms with Crippen LogP contribution in [0.25, 0.3) is 10.9 Å². The number of nitrogens with zero attached hydrogens (tertiary/aromatic N) is 2. The summed E-state index contributed by atoms with van der Waals surface area (Å²) in [5.74, 6) is 3.17. The first-order chi connectivity index (χ1) is 12.3. The number of hydrogen-bond acceptors (Lipinski definition) is 4. The Hall–Kier alpha value is -2.62. The maximum Gasteiger partial charge on any atom is 0.137 e. The Balaban J connectivity index is 1.40. The molecule has 4 heteroatoms. The van der Waals surface area contributed by atoms with Gasteiger partial charge < -0.3 is 10.1 Å². The van der Waals surface area contributed by atoms with Gasteiger partial charge in [-0.1, -0.05) is 24.3 Å². The standard InChI is InChI=1S/C21H21N3O/c1-25-14-7-9-17-19(10-14)22-12-23-21(17)24-20-11-18-15-5-3-2-4-13(15)6-8-16(18)20/h2-5,7,9-10,12,16,18,20H,6,8,11H2,1H3,(H,22,23,24). The molecule has 3 unspecified atom stereocenters. The maximum atomic E-state index is 5.30. The highest BCUT2D eigenvalue weighted by Crippen LogP contribution is 2.50. The van der Waals surface area contributed by atoms with E-state index >= 15 is 0 Å². The Morgan fingerprint density at radius 1 is 1.12 bits per heavy atom. The van der Waals surface area contributed by atoms with Gasteiger partial charge in [-0.05, 0) is 54.4 Å². The minimum absolute atomic E-state index is 0.499. The average molecular weight is 331 g/mol. The van der Waals surface area contributed by atoms with Crippen molar-refractivity contribution in [2.45, 2.75) is 31.2 Å². The van der Waals surface area contributed by atoms with Crippen LogP contribution in [0.1, 0.15) is 29.9 Å². The van der Waals surface area contributed by atoms with Crippen LogP contribution in [0.15, 0.2) is 48.8 Å². The summed E-state index contributed by atoms with van der Waals surface area (Å²) in [5, 5.41) is 4.76. The highest BCUT2D eigenvalue weighted by molar-refractivity contribution is 5.89. The van der Waals surface area contributed by atoms with Crippen molar-refractivity contribution in [3.8, 4) is 5.75 Å². The largest absolute Gasteiger partial charge is 0.497 e. The van der Waals surface area contributed by atoms with Gasteiger partial charge in [0, 0.05) is 17.5 Å². The second kappa shape index (κ2) is 5.73. The normalized spacial score (nSPS) is 24.1. The summed E-state index contributed by atoms with van der Waals surface area (Å²) < 4.78 is 5.30. The van der Waals surface area contributed by atoms with Crippen LogP contribution in [-0.2, 0) is 6.42 Å². The number of aryl methyl sites for hydroxylation is 1. The van der Waals surface area contributed by atoms with Gasteiger partial charge in [-0.25, -0.2) is 9.97 Å². The third kappa shape index (κ3) is 2.36. The summed E-state index contributed by atoms with van der Waals surface area (Å²) in [6, 6.07) is 15.4. The molecule has 3 aromatic rings. The third-order valence-electron chi connectivity index (χ3n) is 5.91. The van der Waals surface area contributed by atoms with Crippen LogP contribution in [0.5, 0.6) is 5.75 Å². The Labute approximate surface area is 147 Å². The molecule has 1 fully saturated rings. The van der Waals surface area contributed by atoms with Gasteiger partial charge in [0.05, 0.1) is 12.6 Å². The van der Waals surface area contributed by atoms with Gasteiger partial charge in [0.2, 0.25) is 0 Å². The first kappa shape index (κ1) is 14.7. The molecule has 0 spiro atoms. The van der Waals surface area contributed by atoms with Crippen molar-refractivity contribution >= 4 is 16.7 Å². The van der Waals surface area contributed by atoms with Gasteiger partial charge in [0.1, 0.15) is 17.9 Å². The number of benzene rings is 2. The van der Waals surface area contributed by atoms with Crippen molar-refractivity contribution in [1.29, 1.82) is 0 Å². The van der Waals surface area contributed by atoms with Gasteiger partial charge in [0.25, 0.3) is 0 Å². The molecule has 1 heterocycles. The molecule has 1 N–H and O–H groups in total. The van der Waals surface area contributed by atoms with Crippen LogP contribution < -0.4 is 10.1 Å². The van der Waals surface area contributed by atoms with Crippen molar-refractivity contribution in [1.82, 2.24) is 9.97 Å². The van der Waals surface area contributed by atoms with E-state index in [2.05, 4.69) is 39.6 Å². The molecule has 1 saturated carbocycles. The predicted molar refractivity (Wildman–Crippen MR) is 99.1 cm³/mol. The SMILES string of the molecule is COc1ccc2c(NC3CC4c5ccccc5CCC34)ncnc2c1. The number of fused-ring (bicyclic) bond motifs is 4. The zero-order valence-electron chi connectivity index (χ0n) is 14.3. The number of rotatable bonds is 3. The average Bonchev–Trinajstić information content (AvgIpc) is 2.65. The Morgan fingerprint density at radius 2 is 2.04 bits per heavy atom. The molecular weight excluding hydrogens is 310 g/mol. The molecule has 0 aliphatic heterocycles. The van der Waals surface area contributed by atoms with Gasteiger partial charge in [0.15, 0.2) is 0 Å². The van der Waals surface area contributed by atoms with Crippen molar-refractivity contribution in [2.24, 2.45) is 5.92 Å². The van der Waals surface area contributed by atoms with Gasteiger partial charge in [-0.2, -0.15) is 0 Å². The van der Waals surface area contributed by atoms with Crippen molar-refractivity contribution in [3.63, 3.8) is 0 Å². The number of methoxy groups -OCH3 is 1. The van der Waals surface area contributed by atoms with Crippen LogP contribution >= 0.6 is 0 Å². The second-order valence-electron chi connectivity index (χ2n) is 7.10. The molecule has 2 aliphatic carbocycles. The third-order valence-corrected chi connectivity index (χ3v) is 5.91. The topological polar surface area (TPSA) is 47.0 Å². The van der Waals surface area contributed by atoms with E-state index in [-0.39, 0.29) is 0 Å². The van der Waals surface area contributed by atoms with Crippen LogP contribution in [0, 0.1) is 5.92 Å². The summed E-state index contributed by atoms with van der Waals surface area (Å²) in [4.78, 5) is 8.88. The molecule has 1 aromatic heterocycles. The zero-order valence-corrected chi connectivity index (χ0v) is 14.3. The molecule has 0 saturated heterocycles. The second-order valence-corrected chi connectivity index (χ2v) is 7.10. The summed E-state index contributed by atoms with van der Waals surface area (Å²) in [5.41, 5.74) is 4.03. The fourth-order valence-corrected chi connectivity index (χ4v) is 4.53. The molecule has 0 bridgehead atoms. The molecule has 2 aromatic carbocycles. The van der Waals surface area contributed by atoms with Crippen molar-refractivity contribution in [2.75, 3.05) is 12.4 Å². The van der Waals surface area contributed by atoms with Gasteiger partial charge in [-0.3, -0.25) is 0 Å². The van der Waals surface area contributed by atoms with Gasteiger partial charge >= 0.3 is 0 Å². The molecule has 0 radical (unpaired) electrons. The predicted octanol–water partition coefficient (Wildman–Crippen LogP) is 4.17. The van der Waals surface area contributed by atoms with E-state index in [0.29, 0.717) is 17.9 Å². The Bertz CT molecular complexity index is 939. The van der Waals surface area contributed by atoms with E-state index in [9.17, 15) is 0 Å².